The molecule has 61 heavy (non-hydrogen) atoms. The Morgan fingerprint density at radius 2 is 1.92 bits per heavy atom. The van der Waals surface area contributed by atoms with Crippen molar-refractivity contribution in [1.29, 1.82) is 0 Å². The molecule has 15 heteroatoms. The fraction of sp³-hybridized carbons (Fsp3) is 0.565. The fourth-order valence-corrected chi connectivity index (χ4v) is 10.9. The number of cyclic esters (lactones) is 1. The van der Waals surface area contributed by atoms with Crippen molar-refractivity contribution in [1.82, 2.24) is 40.1 Å². The molecule has 0 aliphatic carbocycles. The zero-order chi connectivity index (χ0) is 43.4. The number of methoxy groups -OCH3 is 1. The second kappa shape index (κ2) is 16.9. The van der Waals surface area contributed by atoms with Gasteiger partial charge in [-0.2, -0.15) is 0 Å². The van der Waals surface area contributed by atoms with Crippen LogP contribution in [-0.4, -0.2) is 118 Å². The van der Waals surface area contributed by atoms with Gasteiger partial charge >= 0.3 is 5.97 Å². The number of nitrogens with zero attached hydrogens (tertiary/aromatic N) is 6. The monoisotopic (exact) mass is 852 g/mol. The number of amides is 3. The largest absolute Gasteiger partial charge is 0.464 e. The molecule has 0 radical (unpaired) electrons. The number of pyridine rings is 1. The standard InChI is InChI=1S/C46H60N8O6S/c1-9-52-36-15-14-29-20-31(36)32(40(52)30-12-10-17-47-38(30)28(4)59-8)22-45(5,6)26-60-43(57)33-13-11-18-54(50-33)42(56)34(21-37-48-35(29)23-61-37)49-41(55)39(27(2)3)53-19-16-46(44(53)58)24-51(7)25-46/h10,12,14-15,17,20,23,27-28,33-34,39,50H,9,11,13,16,18-19,21-22,24-26H2,1-8H3,(H,49,55)/t28-,33-,34-,39?/m0/s1. The number of hydrogen-bond acceptors (Lipinski definition) is 11. The number of thiazole rings is 1. The average Bonchev–Trinajstić information content (AvgIpc) is 3.92. The van der Waals surface area contributed by atoms with Crippen LogP contribution < -0.4 is 10.7 Å². The summed E-state index contributed by atoms with van der Waals surface area (Å²) in [5, 5.41) is 8.30. The van der Waals surface area contributed by atoms with Crippen molar-refractivity contribution in [2.45, 2.75) is 104 Å². The van der Waals surface area contributed by atoms with Crippen molar-refractivity contribution < 1.29 is 28.7 Å². The van der Waals surface area contributed by atoms with Crippen LogP contribution in [0.3, 0.4) is 0 Å². The molecule has 4 aromatic rings. The summed E-state index contributed by atoms with van der Waals surface area (Å²) in [6.07, 6.45) is 4.07. The topological polar surface area (TPSA) is 151 Å². The minimum atomic E-state index is -1.01. The van der Waals surface area contributed by atoms with E-state index in [9.17, 15) is 19.2 Å². The first kappa shape index (κ1) is 43.0. The van der Waals surface area contributed by atoms with E-state index in [1.54, 1.807) is 18.2 Å². The van der Waals surface area contributed by atoms with Gasteiger partial charge in [-0.25, -0.2) is 10.4 Å². The van der Waals surface area contributed by atoms with Crippen molar-refractivity contribution in [3.8, 4) is 22.5 Å². The Bertz CT molecular complexity index is 2330. The van der Waals surface area contributed by atoms with E-state index in [0.29, 0.717) is 63.4 Å². The maximum atomic E-state index is 14.6. The molecular formula is C46H60N8O6S. The number of benzene rings is 1. The highest BCUT2D eigenvalue weighted by atomic mass is 32.1. The molecule has 4 aliphatic rings. The van der Waals surface area contributed by atoms with E-state index in [-0.39, 0.29) is 42.8 Å². The third-order valence-electron chi connectivity index (χ3n) is 13.1. The normalized spacial score (nSPS) is 22.9. The van der Waals surface area contributed by atoms with Crippen LogP contribution in [0.4, 0.5) is 0 Å². The number of carbonyl (C=O) groups excluding carboxylic acids is 4. The first-order valence-electron chi connectivity index (χ1n) is 21.8. The Morgan fingerprint density at radius 3 is 2.64 bits per heavy atom. The van der Waals surface area contributed by atoms with Crippen LogP contribution in [0.2, 0.25) is 0 Å². The molecule has 326 valence electrons. The highest BCUT2D eigenvalue weighted by Crippen LogP contribution is 2.43. The van der Waals surface area contributed by atoms with Crippen LogP contribution in [0.25, 0.3) is 33.4 Å². The van der Waals surface area contributed by atoms with E-state index in [1.165, 1.54) is 16.3 Å². The van der Waals surface area contributed by atoms with Gasteiger partial charge in [-0.1, -0.05) is 33.8 Å². The highest BCUT2D eigenvalue weighted by molar-refractivity contribution is 7.10. The number of aromatic nitrogens is 3. The van der Waals surface area contributed by atoms with Gasteiger partial charge in [0.15, 0.2) is 0 Å². The zero-order valence-electron chi connectivity index (χ0n) is 36.7. The molecule has 6 bridgehead atoms. The molecule has 1 aromatic carbocycles. The van der Waals surface area contributed by atoms with Gasteiger partial charge in [0, 0.05) is 85.3 Å². The Morgan fingerprint density at radius 1 is 1.13 bits per heavy atom. The molecule has 3 fully saturated rings. The van der Waals surface area contributed by atoms with Crippen molar-refractivity contribution in [2.75, 3.05) is 46.9 Å². The van der Waals surface area contributed by atoms with Crippen LogP contribution >= 0.6 is 11.3 Å². The average molecular weight is 853 g/mol. The first-order chi connectivity index (χ1) is 29.1. The van der Waals surface area contributed by atoms with E-state index in [0.717, 1.165) is 44.7 Å². The fourth-order valence-electron chi connectivity index (χ4n) is 10.0. The zero-order valence-corrected chi connectivity index (χ0v) is 37.6. The van der Waals surface area contributed by atoms with Gasteiger partial charge in [0.2, 0.25) is 11.8 Å². The molecule has 14 nitrogen and oxygen atoms in total. The predicted molar refractivity (Wildman–Crippen MR) is 234 cm³/mol. The van der Waals surface area contributed by atoms with Crippen molar-refractivity contribution in [2.24, 2.45) is 16.7 Å². The van der Waals surface area contributed by atoms with Gasteiger partial charge in [0.1, 0.15) is 18.1 Å². The summed E-state index contributed by atoms with van der Waals surface area (Å²) >= 11 is 1.44. The number of hydrogen-bond donors (Lipinski definition) is 2. The van der Waals surface area contributed by atoms with Gasteiger partial charge in [-0.15, -0.1) is 11.3 Å². The summed E-state index contributed by atoms with van der Waals surface area (Å²) in [6.45, 7) is 15.3. The quantitative estimate of drug-likeness (QED) is 0.221. The van der Waals surface area contributed by atoms with Crippen LogP contribution in [0.15, 0.2) is 41.9 Å². The summed E-state index contributed by atoms with van der Waals surface area (Å²) in [4.78, 5) is 70.4. The second-order valence-corrected chi connectivity index (χ2v) is 19.6. The number of nitrogens with one attached hydrogen (secondary N) is 2. The number of rotatable bonds is 8. The molecule has 3 saturated heterocycles. The third-order valence-corrected chi connectivity index (χ3v) is 14.0. The first-order valence-corrected chi connectivity index (χ1v) is 22.6. The van der Waals surface area contributed by atoms with Crippen molar-refractivity contribution in [3.63, 3.8) is 0 Å². The van der Waals surface area contributed by atoms with Gasteiger partial charge in [0.25, 0.3) is 5.91 Å². The minimum Gasteiger partial charge on any atom is -0.464 e. The molecule has 8 rings (SSSR count). The van der Waals surface area contributed by atoms with Crippen LogP contribution in [0.1, 0.15) is 83.2 Å². The van der Waals surface area contributed by atoms with Gasteiger partial charge in [-0.05, 0) is 82.3 Å². The molecule has 7 heterocycles. The summed E-state index contributed by atoms with van der Waals surface area (Å²) < 4.78 is 14.2. The lowest BCUT2D eigenvalue weighted by Crippen LogP contribution is -2.63. The molecule has 3 amide bonds. The maximum absolute atomic E-state index is 14.6. The number of carbonyl (C=O) groups is 4. The van der Waals surface area contributed by atoms with Crippen LogP contribution in [0, 0.1) is 16.7 Å². The Kier molecular flexibility index (Phi) is 11.9. The lowest BCUT2D eigenvalue weighted by Gasteiger charge is -2.45. The van der Waals surface area contributed by atoms with Gasteiger partial charge < -0.3 is 29.2 Å². The van der Waals surface area contributed by atoms with E-state index < -0.39 is 34.9 Å². The van der Waals surface area contributed by atoms with E-state index in [4.69, 9.17) is 19.4 Å². The summed E-state index contributed by atoms with van der Waals surface area (Å²) in [7, 11) is 3.69. The number of esters is 1. The number of aryl methyl sites for hydroxylation is 1. The Balaban J connectivity index is 1.19. The smallest absolute Gasteiger partial charge is 0.324 e. The Hall–Kier alpha value is -4.70. The lowest BCUT2D eigenvalue weighted by molar-refractivity contribution is -0.155. The Labute approximate surface area is 362 Å². The number of ether oxygens (including phenoxy) is 2. The van der Waals surface area contributed by atoms with E-state index in [2.05, 4.69) is 65.2 Å². The molecule has 0 saturated carbocycles. The van der Waals surface area contributed by atoms with Crippen molar-refractivity contribution in [3.05, 3.63) is 58.2 Å². The third kappa shape index (κ3) is 8.10. The van der Waals surface area contributed by atoms with Gasteiger partial charge in [-0.3, -0.25) is 29.2 Å². The molecule has 2 N–H and O–H groups in total. The van der Waals surface area contributed by atoms with Crippen LogP contribution in [0.5, 0.6) is 0 Å². The van der Waals surface area contributed by atoms with Crippen LogP contribution in [-0.2, 0) is 48.0 Å². The highest BCUT2D eigenvalue weighted by Gasteiger charge is 2.56. The van der Waals surface area contributed by atoms with E-state index in [1.807, 2.05) is 39.3 Å². The second-order valence-electron chi connectivity index (χ2n) is 18.7. The molecule has 1 spiro atoms. The molecule has 1 unspecified atom stereocenters. The number of hydrazine groups is 1. The summed E-state index contributed by atoms with van der Waals surface area (Å²) in [6, 6.07) is 7.99. The minimum absolute atomic E-state index is 0.00853. The predicted octanol–water partition coefficient (Wildman–Crippen LogP) is 5.39. The number of likely N-dealkylation sites (tertiary alicyclic amines) is 2. The summed E-state index contributed by atoms with van der Waals surface area (Å²) in [5.41, 5.74) is 9.02. The summed E-state index contributed by atoms with van der Waals surface area (Å²) in [5.74, 6) is -1.35. The number of fused-ring (bicyclic) bond motifs is 6. The molecule has 4 atom stereocenters. The van der Waals surface area contributed by atoms with Gasteiger partial charge in [0.05, 0.1) is 40.2 Å². The van der Waals surface area contributed by atoms with Crippen molar-refractivity contribution >= 4 is 45.9 Å². The maximum Gasteiger partial charge on any atom is 0.324 e. The molecular weight excluding hydrogens is 793 g/mol. The molecule has 3 aromatic heterocycles. The molecule has 4 aliphatic heterocycles. The van der Waals surface area contributed by atoms with E-state index >= 15 is 0 Å². The lowest BCUT2D eigenvalue weighted by atomic mass is 9.79. The SMILES string of the molecule is CCn1c(-c2cccnc2[C@H](C)OC)c2c3cc(ccc31)-c1csc(n1)C[C@H](NC(=O)C(C(C)C)N1CCC3(CN(C)C3)C1=O)C(=O)N1CCC[C@H](N1)C(=O)OCC(C)(C)C2.